The Morgan fingerprint density at radius 1 is 0.382 bits per heavy atom. The van der Waals surface area contributed by atoms with Crippen LogP contribution in [0.25, 0.3) is 44.3 Å². The second kappa shape index (κ2) is 29.2. The van der Waals surface area contributed by atoms with E-state index in [1.54, 1.807) is 50.5 Å². The summed E-state index contributed by atoms with van der Waals surface area (Å²) in [5, 5.41) is 12.9. The van der Waals surface area contributed by atoms with E-state index in [1.807, 2.05) is 110 Å². The maximum atomic E-state index is 12.9. The number of pyridine rings is 5. The topological polar surface area (TPSA) is 215 Å². The number of aliphatic hydroxyl groups is 1. The third-order valence-corrected chi connectivity index (χ3v) is 14.2. The molecule has 0 spiro atoms. The van der Waals surface area contributed by atoms with Crippen molar-refractivity contribution in [1.29, 1.82) is 0 Å². The van der Waals surface area contributed by atoms with Crippen LogP contribution in [0.4, 0.5) is 37.2 Å². The highest BCUT2D eigenvalue weighted by Crippen LogP contribution is 2.34. The summed E-state index contributed by atoms with van der Waals surface area (Å²) >= 11 is 5.93. The lowest BCUT2D eigenvalue weighted by Crippen LogP contribution is -2.17. The Hall–Kier alpha value is -8.52. The standard InChI is InChI=1S/C15H17FN2.C15H16FNO.C13H15ClN2.C13H16N2.C10H15N.C9H14N2/c1-15(2,3)14-12(17)8-9-13(18-14)10-4-6-11(16)7-5-10;1-10-9-17-14(8-13(10)15(2,3)18)11-4-6-12(16)7-5-11;1-13(2,3)12-10(15)7-8-6-9(14)4-5-11(8)16-12;1-13(2,3)12-10(14)8-9-6-4-5-7-11(9)15-12;1-10(2,3)8-6-4-5-7-9(8)11;1-9(2,3)8-7(10)5-4-6-11-8/h4-9H,17H2,1-3H3;4-9,18H,1-3H3;4-7H,15H2,1-3H3;4-8H,14H2,1-3H3;4-7H,11H2,1-3H3;4-6H,10H2,1-3H3. The van der Waals surface area contributed by atoms with Gasteiger partial charge in [-0.25, -0.2) is 8.78 Å². The molecule has 0 aliphatic rings. The van der Waals surface area contributed by atoms with E-state index in [9.17, 15) is 13.9 Å². The first-order valence-corrected chi connectivity index (χ1v) is 30.1. The van der Waals surface area contributed by atoms with Gasteiger partial charge in [0.2, 0.25) is 0 Å². The number of aromatic nitrogens is 5. The van der Waals surface area contributed by atoms with Gasteiger partial charge < -0.3 is 33.8 Å². The summed E-state index contributed by atoms with van der Waals surface area (Å²) in [5.41, 5.74) is 44.5. The first-order chi connectivity index (χ1) is 41.1. The lowest BCUT2D eigenvalue weighted by molar-refractivity contribution is 0.0778. The molecule has 0 bridgehead atoms. The first kappa shape index (κ1) is 71.2. The third kappa shape index (κ3) is 20.8. The van der Waals surface area contributed by atoms with Crippen molar-refractivity contribution in [3.05, 3.63) is 226 Å². The fourth-order valence-corrected chi connectivity index (χ4v) is 9.72. The molecule has 5 heterocycles. The summed E-state index contributed by atoms with van der Waals surface area (Å²) < 4.78 is 25.8. The molecule has 11 nitrogen and oxygen atoms in total. The van der Waals surface area contributed by atoms with Gasteiger partial charge in [-0.2, -0.15) is 0 Å². The molecule has 0 amide bonds. The van der Waals surface area contributed by atoms with Crippen molar-refractivity contribution in [2.45, 2.75) is 157 Å². The van der Waals surface area contributed by atoms with Crippen LogP contribution in [0.15, 0.2) is 170 Å². The molecule has 0 aliphatic heterocycles. The van der Waals surface area contributed by atoms with Crippen LogP contribution in [0.5, 0.6) is 0 Å². The van der Waals surface area contributed by atoms with Crippen molar-refractivity contribution in [3.8, 4) is 22.5 Å². The van der Waals surface area contributed by atoms with E-state index < -0.39 is 5.60 Å². The Balaban J connectivity index is 0.000000196. The molecule has 470 valence electrons. The monoisotopic (exact) mass is 1220 g/mol. The molecule has 10 rings (SSSR count). The minimum absolute atomic E-state index is 0.00584. The smallest absolute Gasteiger partial charge is 0.123 e. The van der Waals surface area contributed by atoms with Gasteiger partial charge in [-0.05, 0) is 164 Å². The van der Waals surface area contributed by atoms with Gasteiger partial charge in [0.15, 0.2) is 0 Å². The lowest BCUT2D eigenvalue weighted by Gasteiger charge is -2.20. The molecule has 10 aromatic rings. The van der Waals surface area contributed by atoms with Crippen LogP contribution in [0.2, 0.25) is 5.02 Å². The van der Waals surface area contributed by atoms with E-state index in [0.717, 1.165) is 101 Å². The highest BCUT2D eigenvalue weighted by atomic mass is 35.5. The molecule has 5 aromatic carbocycles. The summed E-state index contributed by atoms with van der Waals surface area (Å²) in [6.07, 6.45) is 3.50. The molecule has 0 aliphatic carbocycles. The zero-order valence-electron chi connectivity index (χ0n) is 55.4. The zero-order valence-corrected chi connectivity index (χ0v) is 56.1. The number of hydrogen-bond donors (Lipinski definition) is 6. The summed E-state index contributed by atoms with van der Waals surface area (Å²) in [5.74, 6) is -0.515. The predicted molar refractivity (Wildman–Crippen MR) is 374 cm³/mol. The Bertz CT molecular complexity index is 3800. The average Bonchev–Trinajstić information content (AvgIpc) is 1.16. The van der Waals surface area contributed by atoms with Crippen molar-refractivity contribution in [2.75, 3.05) is 28.7 Å². The molecule has 0 unspecified atom stereocenters. The summed E-state index contributed by atoms with van der Waals surface area (Å²) in [7, 11) is 0. The van der Waals surface area contributed by atoms with Crippen LogP contribution in [0.3, 0.4) is 0 Å². The van der Waals surface area contributed by atoms with E-state index >= 15 is 0 Å². The van der Waals surface area contributed by atoms with Crippen molar-refractivity contribution < 1.29 is 13.9 Å². The number of rotatable bonds is 3. The largest absolute Gasteiger partial charge is 0.398 e. The van der Waals surface area contributed by atoms with Crippen LogP contribution < -0.4 is 28.7 Å². The number of aryl methyl sites for hydroxylation is 1. The molecule has 0 saturated heterocycles. The molecule has 0 atom stereocenters. The van der Waals surface area contributed by atoms with Crippen molar-refractivity contribution in [2.24, 2.45) is 0 Å². The van der Waals surface area contributed by atoms with Crippen LogP contribution in [0, 0.1) is 18.6 Å². The van der Waals surface area contributed by atoms with E-state index in [1.165, 1.54) is 29.8 Å². The minimum atomic E-state index is -0.915. The number of anilines is 5. The van der Waals surface area contributed by atoms with Gasteiger partial charge in [-0.1, -0.05) is 152 Å². The lowest BCUT2D eigenvalue weighted by atomic mass is 9.86. The SMILES string of the molecule is CC(C)(C)c1ccccc1N.CC(C)(C)c1nc(-c2ccc(F)cc2)ccc1N.CC(C)(C)c1nc2ccc(Cl)cc2cc1N.CC(C)(C)c1nc2ccccc2cc1N.CC(C)(C)c1ncccc1N.Cc1cnc(-c2ccc(F)cc2)cc1C(C)(C)O. The fourth-order valence-electron chi connectivity index (χ4n) is 9.54. The van der Waals surface area contributed by atoms with E-state index in [2.05, 4.69) is 135 Å². The molecule has 0 saturated carbocycles. The van der Waals surface area contributed by atoms with Gasteiger partial charge in [0, 0.05) is 66.7 Å². The second-order valence-electron chi connectivity index (χ2n) is 27.8. The maximum absolute atomic E-state index is 12.9. The number of nitrogens with zero attached hydrogens (tertiary/aromatic N) is 5. The van der Waals surface area contributed by atoms with E-state index in [4.69, 9.17) is 40.3 Å². The van der Waals surface area contributed by atoms with Crippen LogP contribution in [-0.2, 0) is 32.7 Å². The first-order valence-electron chi connectivity index (χ1n) is 29.7. The highest BCUT2D eigenvalue weighted by molar-refractivity contribution is 6.31. The van der Waals surface area contributed by atoms with Crippen molar-refractivity contribution >= 4 is 61.8 Å². The van der Waals surface area contributed by atoms with Crippen molar-refractivity contribution in [1.82, 2.24) is 24.9 Å². The van der Waals surface area contributed by atoms with Gasteiger partial charge in [-0.3, -0.25) is 24.9 Å². The number of fused-ring (bicyclic) bond motifs is 2. The quantitative estimate of drug-likeness (QED) is 0.0915. The van der Waals surface area contributed by atoms with Gasteiger partial charge in [0.05, 0.1) is 73.5 Å². The van der Waals surface area contributed by atoms with Gasteiger partial charge in [-0.15, -0.1) is 0 Å². The summed E-state index contributed by atoms with van der Waals surface area (Å²) in [6, 6.07) is 47.4. The molecule has 5 aromatic heterocycles. The zero-order chi connectivity index (χ0) is 66.6. The fraction of sp³-hybridized carbons (Fsp3) is 0.320. The Labute approximate surface area is 532 Å². The Kier molecular flexibility index (Phi) is 23.4. The highest BCUT2D eigenvalue weighted by Gasteiger charge is 2.23. The molecule has 89 heavy (non-hydrogen) atoms. The van der Waals surface area contributed by atoms with Crippen LogP contribution >= 0.6 is 11.6 Å². The minimum Gasteiger partial charge on any atom is -0.398 e. The summed E-state index contributed by atoms with van der Waals surface area (Å²) in [6.45, 7) is 37.1. The number of hydrogen-bond acceptors (Lipinski definition) is 11. The Morgan fingerprint density at radius 3 is 1.30 bits per heavy atom. The molecule has 0 radical (unpaired) electrons. The average molecular weight is 1220 g/mol. The van der Waals surface area contributed by atoms with Crippen LogP contribution in [-0.4, -0.2) is 30.0 Å². The Morgan fingerprint density at radius 2 is 0.831 bits per heavy atom. The summed E-state index contributed by atoms with van der Waals surface area (Å²) in [4.78, 5) is 22.4. The third-order valence-electron chi connectivity index (χ3n) is 14.0. The van der Waals surface area contributed by atoms with Gasteiger partial charge >= 0.3 is 0 Å². The van der Waals surface area contributed by atoms with Crippen molar-refractivity contribution in [3.63, 3.8) is 0 Å². The maximum Gasteiger partial charge on any atom is 0.123 e. The number of benzene rings is 5. The predicted octanol–water partition coefficient (Wildman–Crippen LogP) is 18.6. The molecule has 14 heteroatoms. The second-order valence-corrected chi connectivity index (χ2v) is 28.2. The van der Waals surface area contributed by atoms with E-state index in [0.29, 0.717) is 10.7 Å². The molecule has 0 fully saturated rings. The number of nitrogen functional groups attached to an aromatic ring is 5. The number of nitrogens with two attached hydrogens (primary N) is 5. The van der Waals surface area contributed by atoms with Crippen LogP contribution in [0.1, 0.15) is 157 Å². The molecular formula is C75H93ClF2N10O. The van der Waals surface area contributed by atoms with Gasteiger partial charge in [0.1, 0.15) is 11.6 Å². The van der Waals surface area contributed by atoms with Gasteiger partial charge in [0.25, 0.3) is 0 Å². The van der Waals surface area contributed by atoms with E-state index in [-0.39, 0.29) is 38.7 Å². The number of para-hydroxylation sites is 2. The normalized spacial score (nSPS) is 11.7. The molecule has 11 N–H and O–H groups in total. The number of halogens is 3. The molecular weight excluding hydrogens is 1130 g/mol.